The number of amides is 1. The summed E-state index contributed by atoms with van der Waals surface area (Å²) in [6, 6.07) is 3.32. The summed E-state index contributed by atoms with van der Waals surface area (Å²) in [5.41, 5.74) is 0.539. The normalized spacial score (nSPS) is 14.5. The second kappa shape index (κ2) is 6.52. The molecule has 1 aliphatic heterocycles. The van der Waals surface area contributed by atoms with Crippen LogP contribution in [0, 0.1) is 0 Å². The fourth-order valence-electron chi connectivity index (χ4n) is 1.98. The van der Waals surface area contributed by atoms with Gasteiger partial charge in [0.2, 0.25) is 0 Å². The lowest BCUT2D eigenvalue weighted by molar-refractivity contribution is -0.132. The molecule has 1 aromatic carbocycles. The van der Waals surface area contributed by atoms with E-state index in [-0.39, 0.29) is 12.5 Å². The van der Waals surface area contributed by atoms with Crippen LogP contribution in [0.15, 0.2) is 21.1 Å². The highest BCUT2D eigenvalue weighted by atomic mass is 79.9. The van der Waals surface area contributed by atoms with Crippen molar-refractivity contribution in [3.63, 3.8) is 0 Å². The Bertz CT molecular complexity index is 476. The SMILES string of the molecule is O=Cc1cc(Br)c(OCC(=O)N2CCCC2)c(Br)c1. The number of hydrogen-bond donors (Lipinski definition) is 0. The lowest BCUT2D eigenvalue weighted by atomic mass is 10.2. The zero-order valence-electron chi connectivity index (χ0n) is 10.2. The van der Waals surface area contributed by atoms with Crippen LogP contribution in [0.2, 0.25) is 0 Å². The van der Waals surface area contributed by atoms with Gasteiger partial charge < -0.3 is 9.64 Å². The maximum atomic E-state index is 11.9. The standard InChI is InChI=1S/C13H13Br2NO3/c14-10-5-9(7-17)6-11(15)13(10)19-8-12(18)16-3-1-2-4-16/h5-7H,1-4,8H2. The Hall–Kier alpha value is -0.880. The summed E-state index contributed by atoms with van der Waals surface area (Å²) in [5, 5.41) is 0. The van der Waals surface area contributed by atoms with Gasteiger partial charge in [-0.25, -0.2) is 0 Å². The zero-order valence-corrected chi connectivity index (χ0v) is 13.4. The molecule has 1 aliphatic rings. The Kier molecular flexibility index (Phi) is 4.99. The van der Waals surface area contributed by atoms with Gasteiger partial charge in [-0.3, -0.25) is 9.59 Å². The quantitative estimate of drug-likeness (QED) is 0.742. The molecule has 1 fully saturated rings. The van der Waals surface area contributed by atoms with Crippen molar-refractivity contribution in [2.45, 2.75) is 12.8 Å². The third-order valence-corrected chi connectivity index (χ3v) is 4.13. The minimum atomic E-state index is -0.00392. The van der Waals surface area contributed by atoms with Crippen molar-refractivity contribution in [2.24, 2.45) is 0 Å². The Balaban J connectivity index is 2.03. The van der Waals surface area contributed by atoms with E-state index in [1.54, 1.807) is 12.1 Å². The molecule has 1 saturated heterocycles. The number of carbonyl (C=O) groups excluding carboxylic acids is 2. The second-order valence-corrected chi connectivity index (χ2v) is 6.02. The number of benzene rings is 1. The van der Waals surface area contributed by atoms with Gasteiger partial charge in [0, 0.05) is 18.7 Å². The molecule has 1 amide bonds. The van der Waals surface area contributed by atoms with E-state index >= 15 is 0 Å². The van der Waals surface area contributed by atoms with Gasteiger partial charge in [0.1, 0.15) is 12.0 Å². The molecule has 2 rings (SSSR count). The van der Waals surface area contributed by atoms with Gasteiger partial charge in [-0.15, -0.1) is 0 Å². The molecule has 4 nitrogen and oxygen atoms in total. The number of likely N-dealkylation sites (tertiary alicyclic amines) is 1. The molecular weight excluding hydrogens is 378 g/mol. The zero-order chi connectivity index (χ0) is 13.8. The van der Waals surface area contributed by atoms with Crippen molar-refractivity contribution in [3.8, 4) is 5.75 Å². The number of hydrogen-bond acceptors (Lipinski definition) is 3. The van der Waals surface area contributed by atoms with Gasteiger partial charge in [-0.1, -0.05) is 0 Å². The molecule has 0 bridgehead atoms. The van der Waals surface area contributed by atoms with Crippen molar-refractivity contribution in [1.29, 1.82) is 0 Å². The highest BCUT2D eigenvalue weighted by molar-refractivity contribution is 9.11. The predicted octanol–water partition coefficient (Wildman–Crippen LogP) is 3.03. The number of carbonyl (C=O) groups is 2. The Labute approximate surface area is 128 Å². The minimum absolute atomic E-state index is 0.00392. The van der Waals surface area contributed by atoms with Crippen molar-refractivity contribution in [1.82, 2.24) is 4.90 Å². The fourth-order valence-corrected chi connectivity index (χ4v) is 3.43. The van der Waals surface area contributed by atoms with Crippen LogP contribution in [-0.2, 0) is 4.79 Å². The first-order valence-corrected chi connectivity index (χ1v) is 7.55. The largest absolute Gasteiger partial charge is 0.481 e. The number of rotatable bonds is 4. The maximum absolute atomic E-state index is 11.9. The summed E-state index contributed by atoms with van der Waals surface area (Å²) in [6.45, 7) is 1.64. The van der Waals surface area contributed by atoms with E-state index in [2.05, 4.69) is 31.9 Å². The first kappa shape index (κ1) is 14.5. The van der Waals surface area contributed by atoms with E-state index in [4.69, 9.17) is 4.74 Å². The first-order valence-electron chi connectivity index (χ1n) is 5.96. The van der Waals surface area contributed by atoms with E-state index < -0.39 is 0 Å². The molecule has 0 spiro atoms. The van der Waals surface area contributed by atoms with Gasteiger partial charge in [0.15, 0.2) is 6.61 Å². The number of halogens is 2. The third-order valence-electron chi connectivity index (χ3n) is 2.96. The average molecular weight is 391 g/mol. The van der Waals surface area contributed by atoms with Gasteiger partial charge in [-0.2, -0.15) is 0 Å². The number of ether oxygens (including phenoxy) is 1. The number of nitrogens with zero attached hydrogens (tertiary/aromatic N) is 1. The van der Waals surface area contributed by atoms with Crippen LogP contribution in [0.25, 0.3) is 0 Å². The molecule has 19 heavy (non-hydrogen) atoms. The predicted molar refractivity (Wildman–Crippen MR) is 78.5 cm³/mol. The second-order valence-electron chi connectivity index (χ2n) is 4.31. The molecule has 102 valence electrons. The molecule has 0 radical (unpaired) electrons. The van der Waals surface area contributed by atoms with E-state index in [1.165, 1.54) is 0 Å². The highest BCUT2D eigenvalue weighted by Gasteiger charge is 2.19. The van der Waals surface area contributed by atoms with Gasteiger partial charge in [0.05, 0.1) is 8.95 Å². The van der Waals surface area contributed by atoms with E-state index in [0.29, 0.717) is 20.3 Å². The molecule has 6 heteroatoms. The van der Waals surface area contributed by atoms with E-state index in [1.807, 2.05) is 4.90 Å². The lowest BCUT2D eigenvalue weighted by Gasteiger charge is -2.16. The van der Waals surface area contributed by atoms with Crippen LogP contribution in [0.3, 0.4) is 0 Å². The monoisotopic (exact) mass is 389 g/mol. The Morgan fingerprint density at radius 2 is 1.84 bits per heavy atom. The summed E-state index contributed by atoms with van der Waals surface area (Å²) in [4.78, 5) is 24.4. The smallest absolute Gasteiger partial charge is 0.260 e. The van der Waals surface area contributed by atoms with Gasteiger partial charge in [0.25, 0.3) is 5.91 Å². The average Bonchev–Trinajstić information content (AvgIpc) is 2.91. The van der Waals surface area contributed by atoms with E-state index in [9.17, 15) is 9.59 Å². The molecule has 1 heterocycles. The molecule has 0 aliphatic carbocycles. The molecule has 0 unspecified atom stereocenters. The highest BCUT2D eigenvalue weighted by Crippen LogP contribution is 2.34. The number of aldehydes is 1. The van der Waals surface area contributed by atoms with Gasteiger partial charge in [-0.05, 0) is 56.8 Å². The lowest BCUT2D eigenvalue weighted by Crippen LogP contribution is -2.32. The van der Waals surface area contributed by atoms with Gasteiger partial charge >= 0.3 is 0 Å². The van der Waals surface area contributed by atoms with Crippen LogP contribution in [0.4, 0.5) is 0 Å². The van der Waals surface area contributed by atoms with Crippen molar-refractivity contribution < 1.29 is 14.3 Å². The fraction of sp³-hybridized carbons (Fsp3) is 0.385. The van der Waals surface area contributed by atoms with Crippen molar-refractivity contribution >= 4 is 44.1 Å². The summed E-state index contributed by atoms with van der Waals surface area (Å²) >= 11 is 6.67. The molecule has 0 saturated carbocycles. The van der Waals surface area contributed by atoms with Crippen molar-refractivity contribution in [3.05, 3.63) is 26.6 Å². The topological polar surface area (TPSA) is 46.6 Å². The molecule has 0 atom stereocenters. The van der Waals surface area contributed by atoms with Crippen LogP contribution in [-0.4, -0.2) is 36.8 Å². The summed E-state index contributed by atoms with van der Waals surface area (Å²) in [5.74, 6) is 0.536. The summed E-state index contributed by atoms with van der Waals surface area (Å²) < 4.78 is 6.84. The summed E-state index contributed by atoms with van der Waals surface area (Å²) in [7, 11) is 0. The van der Waals surface area contributed by atoms with E-state index in [0.717, 1.165) is 32.2 Å². The summed E-state index contributed by atoms with van der Waals surface area (Å²) in [6.07, 6.45) is 2.88. The van der Waals surface area contributed by atoms with Crippen LogP contribution in [0.5, 0.6) is 5.75 Å². The minimum Gasteiger partial charge on any atom is -0.481 e. The molecule has 1 aromatic rings. The maximum Gasteiger partial charge on any atom is 0.260 e. The van der Waals surface area contributed by atoms with Crippen LogP contribution >= 0.6 is 31.9 Å². The van der Waals surface area contributed by atoms with Crippen LogP contribution < -0.4 is 4.74 Å². The molecule has 0 N–H and O–H groups in total. The van der Waals surface area contributed by atoms with Crippen molar-refractivity contribution in [2.75, 3.05) is 19.7 Å². The molecule has 0 aromatic heterocycles. The first-order chi connectivity index (χ1) is 9.11. The molecular formula is C13H13Br2NO3. The Morgan fingerprint density at radius 1 is 1.26 bits per heavy atom. The Morgan fingerprint density at radius 3 is 2.37 bits per heavy atom. The van der Waals surface area contributed by atoms with Crippen LogP contribution in [0.1, 0.15) is 23.2 Å². The third kappa shape index (κ3) is 3.57.